The molecule has 0 aromatic rings. The average Bonchev–Trinajstić information content (AvgIpc) is 2.46. The molecule has 2 fully saturated rings. The van der Waals surface area contributed by atoms with Crippen LogP contribution in [-0.4, -0.2) is 48.2 Å². The summed E-state index contributed by atoms with van der Waals surface area (Å²) in [5.41, 5.74) is -0.856. The van der Waals surface area contributed by atoms with E-state index >= 15 is 0 Å². The quantitative estimate of drug-likeness (QED) is 0.846. The van der Waals surface area contributed by atoms with Gasteiger partial charge in [0.1, 0.15) is 5.41 Å². The van der Waals surface area contributed by atoms with E-state index in [-0.39, 0.29) is 5.91 Å². The monoisotopic (exact) mass is 286 g/mol. The van der Waals surface area contributed by atoms with E-state index in [2.05, 4.69) is 11.4 Å². The summed E-state index contributed by atoms with van der Waals surface area (Å²) >= 11 is 3.85. The number of amides is 1. The Morgan fingerprint density at radius 3 is 2.83 bits per heavy atom. The Balaban J connectivity index is 1.84. The third-order valence-electron chi connectivity index (χ3n) is 3.37. The van der Waals surface area contributed by atoms with Gasteiger partial charge in [-0.2, -0.15) is 28.8 Å². The molecule has 1 unspecified atom stereocenters. The molecule has 2 aliphatic heterocycles. The number of nitrogens with one attached hydrogen (secondary N) is 1. The summed E-state index contributed by atoms with van der Waals surface area (Å²) in [5.74, 6) is 3.34. The van der Waals surface area contributed by atoms with Crippen LogP contribution >= 0.6 is 23.5 Å². The van der Waals surface area contributed by atoms with Gasteiger partial charge in [-0.3, -0.25) is 4.79 Å². The number of nitriles is 1. The molecule has 0 aliphatic carbocycles. The van der Waals surface area contributed by atoms with Crippen LogP contribution in [0, 0.1) is 16.7 Å². The smallest absolute Gasteiger partial charge is 0.240 e. The molecule has 1 atom stereocenters. The van der Waals surface area contributed by atoms with Crippen LogP contribution in [0.5, 0.6) is 0 Å². The first-order valence-corrected chi connectivity index (χ1v) is 8.44. The molecule has 0 bridgehead atoms. The number of ether oxygens (including phenoxy) is 1. The van der Waals surface area contributed by atoms with Crippen molar-refractivity contribution in [1.29, 1.82) is 5.26 Å². The minimum Gasteiger partial charge on any atom is -0.381 e. The van der Waals surface area contributed by atoms with Crippen molar-refractivity contribution in [2.45, 2.75) is 18.1 Å². The lowest BCUT2D eigenvalue weighted by Gasteiger charge is -2.30. The number of rotatable bonds is 3. The van der Waals surface area contributed by atoms with E-state index in [0.29, 0.717) is 37.9 Å². The molecule has 1 N–H and O–H groups in total. The van der Waals surface area contributed by atoms with Gasteiger partial charge in [0.25, 0.3) is 0 Å². The van der Waals surface area contributed by atoms with Crippen LogP contribution in [0.1, 0.15) is 12.8 Å². The van der Waals surface area contributed by atoms with E-state index < -0.39 is 5.41 Å². The lowest BCUT2D eigenvalue weighted by Crippen LogP contribution is -2.46. The first-order valence-electron chi connectivity index (χ1n) is 6.23. The van der Waals surface area contributed by atoms with Crippen LogP contribution < -0.4 is 5.32 Å². The second kappa shape index (κ2) is 6.69. The van der Waals surface area contributed by atoms with E-state index in [4.69, 9.17) is 4.74 Å². The van der Waals surface area contributed by atoms with Gasteiger partial charge in [-0.05, 0) is 12.8 Å². The zero-order chi connectivity index (χ0) is 12.8. The summed E-state index contributed by atoms with van der Waals surface area (Å²) in [7, 11) is 0. The lowest BCUT2D eigenvalue weighted by molar-refractivity contribution is -0.132. The zero-order valence-electron chi connectivity index (χ0n) is 10.3. The van der Waals surface area contributed by atoms with Gasteiger partial charge >= 0.3 is 0 Å². The fourth-order valence-corrected chi connectivity index (χ4v) is 4.75. The summed E-state index contributed by atoms with van der Waals surface area (Å²) in [6.07, 6.45) is 1.03. The maximum atomic E-state index is 12.2. The highest BCUT2D eigenvalue weighted by Gasteiger charge is 2.40. The third-order valence-corrected chi connectivity index (χ3v) is 6.22. The molecular formula is C12H18N2O2S2. The second-order valence-corrected chi connectivity index (χ2v) is 7.14. The van der Waals surface area contributed by atoms with Crippen molar-refractivity contribution in [2.75, 3.05) is 37.0 Å². The summed E-state index contributed by atoms with van der Waals surface area (Å²) in [5, 5.41) is 12.7. The predicted molar refractivity (Wildman–Crippen MR) is 74.7 cm³/mol. The van der Waals surface area contributed by atoms with Gasteiger partial charge in [-0.25, -0.2) is 0 Å². The Bertz CT molecular complexity index is 331. The van der Waals surface area contributed by atoms with Gasteiger partial charge in [-0.1, -0.05) is 0 Å². The molecule has 2 saturated heterocycles. The molecule has 1 amide bonds. The van der Waals surface area contributed by atoms with Gasteiger partial charge < -0.3 is 10.1 Å². The molecule has 2 rings (SSSR count). The topological polar surface area (TPSA) is 62.1 Å². The molecule has 0 radical (unpaired) electrons. The maximum absolute atomic E-state index is 12.2. The number of hydrogen-bond donors (Lipinski definition) is 1. The Kier molecular flexibility index (Phi) is 5.22. The minimum atomic E-state index is -0.856. The molecule has 2 heterocycles. The average molecular weight is 286 g/mol. The molecular weight excluding hydrogens is 268 g/mol. The number of carbonyl (C=O) groups excluding carboxylic acids is 1. The Hall–Kier alpha value is -0.380. The predicted octanol–water partition coefficient (Wildman–Crippen LogP) is 1.27. The fourth-order valence-electron chi connectivity index (χ4n) is 2.14. The van der Waals surface area contributed by atoms with Gasteiger partial charge in [0.05, 0.1) is 6.07 Å². The van der Waals surface area contributed by atoms with Crippen molar-refractivity contribution >= 4 is 29.4 Å². The number of carbonyl (C=O) groups is 1. The summed E-state index contributed by atoms with van der Waals surface area (Å²) < 4.78 is 5.23. The number of nitrogens with zero attached hydrogens (tertiary/aromatic N) is 1. The van der Waals surface area contributed by atoms with E-state index in [1.807, 2.05) is 23.5 Å². The Morgan fingerprint density at radius 1 is 1.44 bits per heavy atom. The van der Waals surface area contributed by atoms with Crippen molar-refractivity contribution < 1.29 is 9.53 Å². The van der Waals surface area contributed by atoms with E-state index in [1.54, 1.807) is 0 Å². The fraction of sp³-hybridized carbons (Fsp3) is 0.833. The van der Waals surface area contributed by atoms with Crippen molar-refractivity contribution in [3.8, 4) is 6.07 Å². The van der Waals surface area contributed by atoms with Crippen LogP contribution in [-0.2, 0) is 9.53 Å². The largest absolute Gasteiger partial charge is 0.381 e. The highest BCUT2D eigenvalue weighted by Crippen LogP contribution is 2.30. The molecule has 2 aliphatic rings. The molecule has 100 valence electrons. The van der Waals surface area contributed by atoms with Crippen LogP contribution in [0.4, 0.5) is 0 Å². The van der Waals surface area contributed by atoms with Crippen molar-refractivity contribution in [3.05, 3.63) is 0 Å². The molecule has 0 spiro atoms. The zero-order valence-corrected chi connectivity index (χ0v) is 11.9. The molecule has 4 nitrogen and oxygen atoms in total. The normalized spacial score (nSPS) is 27.2. The Labute approximate surface area is 116 Å². The van der Waals surface area contributed by atoms with Gasteiger partial charge in [0.15, 0.2) is 0 Å². The SMILES string of the molecule is N#CC1(C(=O)NCC2CSCCS2)CCOCC1. The van der Waals surface area contributed by atoms with Crippen molar-refractivity contribution in [3.63, 3.8) is 0 Å². The molecule has 0 aromatic carbocycles. The van der Waals surface area contributed by atoms with E-state index in [1.165, 1.54) is 5.75 Å². The lowest BCUT2D eigenvalue weighted by atomic mass is 9.81. The minimum absolute atomic E-state index is 0.107. The number of thioether (sulfide) groups is 2. The van der Waals surface area contributed by atoms with Gasteiger partial charge in [-0.15, -0.1) is 0 Å². The van der Waals surface area contributed by atoms with Gasteiger partial charge in [0, 0.05) is 42.3 Å². The summed E-state index contributed by atoms with van der Waals surface area (Å²) in [6.45, 7) is 1.70. The molecule has 0 saturated carbocycles. The van der Waals surface area contributed by atoms with Crippen LogP contribution in [0.2, 0.25) is 0 Å². The van der Waals surface area contributed by atoms with Crippen LogP contribution in [0.3, 0.4) is 0 Å². The van der Waals surface area contributed by atoms with E-state index in [0.717, 1.165) is 11.5 Å². The standard InChI is InChI=1S/C12H18N2O2S2/c13-9-12(1-3-16-4-2-12)11(15)14-7-10-8-17-5-6-18-10/h10H,1-8H2,(H,14,15). The first-order chi connectivity index (χ1) is 8.77. The molecule has 6 heteroatoms. The Morgan fingerprint density at radius 2 is 2.22 bits per heavy atom. The highest BCUT2D eigenvalue weighted by atomic mass is 32.2. The first kappa shape index (κ1) is 14.0. The van der Waals surface area contributed by atoms with Gasteiger partial charge in [0.2, 0.25) is 5.91 Å². The maximum Gasteiger partial charge on any atom is 0.240 e. The van der Waals surface area contributed by atoms with Crippen LogP contribution in [0.15, 0.2) is 0 Å². The molecule has 18 heavy (non-hydrogen) atoms. The second-order valence-electron chi connectivity index (χ2n) is 4.58. The van der Waals surface area contributed by atoms with Crippen LogP contribution in [0.25, 0.3) is 0 Å². The summed E-state index contributed by atoms with van der Waals surface area (Å²) in [4.78, 5) is 12.2. The van der Waals surface area contributed by atoms with Crippen molar-refractivity contribution in [1.82, 2.24) is 5.32 Å². The van der Waals surface area contributed by atoms with E-state index in [9.17, 15) is 10.1 Å². The molecule has 0 aromatic heterocycles. The number of hydrogen-bond acceptors (Lipinski definition) is 5. The summed E-state index contributed by atoms with van der Waals surface area (Å²) in [6, 6.07) is 2.20. The van der Waals surface area contributed by atoms with Crippen molar-refractivity contribution in [2.24, 2.45) is 5.41 Å². The third kappa shape index (κ3) is 3.34. The highest BCUT2D eigenvalue weighted by molar-refractivity contribution is 8.06.